The maximum absolute atomic E-state index is 12.3. The van der Waals surface area contributed by atoms with Crippen LogP contribution in [0.25, 0.3) is 0 Å². The standard InChI is InChI=1S/C31H55NO/c1-5-6-7-8-9-10-11-12-13-14-15-16-17-18-19-20-21-22-23-24-30(33)32-31-28(3)25-27(2)26-29(31)4/h25-26H,5-24H2,1-4H3,(H,32,33). The van der Waals surface area contributed by atoms with Gasteiger partial charge in [0.1, 0.15) is 0 Å². The van der Waals surface area contributed by atoms with Crippen LogP contribution in [0.3, 0.4) is 0 Å². The van der Waals surface area contributed by atoms with Gasteiger partial charge >= 0.3 is 0 Å². The molecule has 0 aliphatic heterocycles. The topological polar surface area (TPSA) is 29.1 Å². The van der Waals surface area contributed by atoms with Gasteiger partial charge in [0.05, 0.1) is 0 Å². The number of carbonyl (C=O) groups is 1. The van der Waals surface area contributed by atoms with Crippen molar-refractivity contribution in [2.45, 2.75) is 156 Å². The summed E-state index contributed by atoms with van der Waals surface area (Å²) >= 11 is 0. The summed E-state index contributed by atoms with van der Waals surface area (Å²) in [5.41, 5.74) is 4.58. The van der Waals surface area contributed by atoms with Crippen LogP contribution in [-0.2, 0) is 4.79 Å². The summed E-state index contributed by atoms with van der Waals surface area (Å²) in [6.45, 7) is 8.55. The fourth-order valence-corrected chi connectivity index (χ4v) is 4.94. The van der Waals surface area contributed by atoms with Gasteiger partial charge in [0.15, 0.2) is 0 Å². The molecule has 1 N–H and O–H groups in total. The summed E-state index contributed by atoms with van der Waals surface area (Å²) in [7, 11) is 0. The minimum Gasteiger partial charge on any atom is -0.326 e. The van der Waals surface area contributed by atoms with Gasteiger partial charge in [-0.2, -0.15) is 0 Å². The molecule has 0 saturated heterocycles. The van der Waals surface area contributed by atoms with E-state index in [1.165, 1.54) is 121 Å². The van der Waals surface area contributed by atoms with Crippen molar-refractivity contribution in [2.75, 3.05) is 5.32 Å². The Bertz CT molecular complexity index is 598. The number of aryl methyl sites for hydroxylation is 3. The number of unbranched alkanes of at least 4 members (excludes halogenated alkanes) is 18. The predicted molar refractivity (Wildman–Crippen MR) is 147 cm³/mol. The Morgan fingerprint density at radius 2 is 0.909 bits per heavy atom. The second-order valence-corrected chi connectivity index (χ2v) is 10.4. The molecule has 0 radical (unpaired) electrons. The van der Waals surface area contributed by atoms with Crippen molar-refractivity contribution in [3.63, 3.8) is 0 Å². The second-order valence-electron chi connectivity index (χ2n) is 10.4. The summed E-state index contributed by atoms with van der Waals surface area (Å²) in [5.74, 6) is 0.164. The van der Waals surface area contributed by atoms with E-state index in [2.05, 4.69) is 45.1 Å². The van der Waals surface area contributed by atoms with Crippen LogP contribution in [0.15, 0.2) is 12.1 Å². The lowest BCUT2D eigenvalue weighted by Gasteiger charge is -2.12. The van der Waals surface area contributed by atoms with Crippen molar-refractivity contribution >= 4 is 11.6 Å². The fraction of sp³-hybridized carbons (Fsp3) is 0.774. The van der Waals surface area contributed by atoms with E-state index in [1.807, 2.05) is 0 Å². The molecular weight excluding hydrogens is 402 g/mol. The number of amides is 1. The average Bonchev–Trinajstić information content (AvgIpc) is 2.77. The quantitative estimate of drug-likeness (QED) is 0.183. The number of nitrogens with one attached hydrogen (secondary N) is 1. The molecule has 0 unspecified atom stereocenters. The van der Waals surface area contributed by atoms with Crippen LogP contribution in [0, 0.1) is 20.8 Å². The lowest BCUT2D eigenvalue weighted by Crippen LogP contribution is -2.13. The van der Waals surface area contributed by atoms with Gasteiger partial charge in [-0.05, 0) is 38.3 Å². The van der Waals surface area contributed by atoms with Crippen molar-refractivity contribution < 1.29 is 4.79 Å². The van der Waals surface area contributed by atoms with Gasteiger partial charge in [0.25, 0.3) is 0 Å². The molecule has 0 heterocycles. The van der Waals surface area contributed by atoms with Crippen molar-refractivity contribution in [2.24, 2.45) is 0 Å². The Morgan fingerprint density at radius 3 is 1.27 bits per heavy atom. The van der Waals surface area contributed by atoms with Crippen molar-refractivity contribution in [3.05, 3.63) is 28.8 Å². The molecule has 0 aliphatic rings. The third-order valence-corrected chi connectivity index (χ3v) is 6.95. The van der Waals surface area contributed by atoms with Crippen LogP contribution in [0.4, 0.5) is 5.69 Å². The highest BCUT2D eigenvalue weighted by Gasteiger charge is 2.08. The first kappa shape index (κ1) is 29.7. The Balaban J connectivity index is 1.84. The van der Waals surface area contributed by atoms with Gasteiger partial charge in [0.2, 0.25) is 5.91 Å². The van der Waals surface area contributed by atoms with E-state index in [1.54, 1.807) is 0 Å². The minimum atomic E-state index is 0.164. The molecule has 0 fully saturated rings. The highest BCUT2D eigenvalue weighted by Crippen LogP contribution is 2.22. The van der Waals surface area contributed by atoms with Crippen molar-refractivity contribution in [3.8, 4) is 0 Å². The minimum absolute atomic E-state index is 0.164. The van der Waals surface area contributed by atoms with Crippen LogP contribution in [0.2, 0.25) is 0 Å². The van der Waals surface area contributed by atoms with Gasteiger partial charge in [-0.15, -0.1) is 0 Å². The molecule has 0 saturated carbocycles. The molecule has 0 aliphatic carbocycles. The fourth-order valence-electron chi connectivity index (χ4n) is 4.94. The second kappa shape index (κ2) is 20.1. The summed E-state index contributed by atoms with van der Waals surface area (Å²) in [4.78, 5) is 12.3. The first-order valence-corrected chi connectivity index (χ1v) is 14.4. The van der Waals surface area contributed by atoms with E-state index in [4.69, 9.17) is 0 Å². The molecule has 2 heteroatoms. The first-order valence-electron chi connectivity index (χ1n) is 14.4. The van der Waals surface area contributed by atoms with E-state index in [0.29, 0.717) is 6.42 Å². The zero-order chi connectivity index (χ0) is 24.2. The number of benzene rings is 1. The molecule has 0 spiro atoms. The van der Waals surface area contributed by atoms with Crippen LogP contribution in [0.5, 0.6) is 0 Å². The number of anilines is 1. The molecule has 1 aromatic rings. The van der Waals surface area contributed by atoms with Gasteiger partial charge in [-0.1, -0.05) is 140 Å². The number of hydrogen-bond donors (Lipinski definition) is 1. The summed E-state index contributed by atoms with van der Waals surface area (Å²) in [5, 5.41) is 3.13. The van der Waals surface area contributed by atoms with E-state index in [0.717, 1.165) is 23.2 Å². The Hall–Kier alpha value is -1.31. The smallest absolute Gasteiger partial charge is 0.224 e. The van der Waals surface area contributed by atoms with Gasteiger partial charge in [-0.25, -0.2) is 0 Å². The largest absolute Gasteiger partial charge is 0.326 e. The molecule has 1 amide bonds. The third-order valence-electron chi connectivity index (χ3n) is 6.95. The van der Waals surface area contributed by atoms with Crippen LogP contribution in [-0.4, -0.2) is 5.91 Å². The highest BCUT2D eigenvalue weighted by atomic mass is 16.1. The SMILES string of the molecule is CCCCCCCCCCCCCCCCCCCCCC(=O)Nc1c(C)cc(C)cc1C. The summed E-state index contributed by atoms with van der Waals surface area (Å²) in [6.07, 6.45) is 26.9. The molecule has 33 heavy (non-hydrogen) atoms. The van der Waals surface area contributed by atoms with Gasteiger partial charge in [0, 0.05) is 12.1 Å². The highest BCUT2D eigenvalue weighted by molar-refractivity contribution is 5.92. The van der Waals surface area contributed by atoms with E-state index >= 15 is 0 Å². The molecule has 0 bridgehead atoms. The van der Waals surface area contributed by atoms with Crippen molar-refractivity contribution in [1.29, 1.82) is 0 Å². The monoisotopic (exact) mass is 457 g/mol. The number of rotatable bonds is 21. The average molecular weight is 458 g/mol. The van der Waals surface area contributed by atoms with Gasteiger partial charge in [-0.3, -0.25) is 4.79 Å². The molecular formula is C31H55NO. The Kier molecular flexibility index (Phi) is 18.1. The number of hydrogen-bond acceptors (Lipinski definition) is 1. The molecule has 0 aromatic heterocycles. The number of carbonyl (C=O) groups excluding carboxylic acids is 1. The third kappa shape index (κ3) is 16.0. The molecule has 190 valence electrons. The van der Waals surface area contributed by atoms with Crippen molar-refractivity contribution in [1.82, 2.24) is 0 Å². The Morgan fingerprint density at radius 1 is 0.576 bits per heavy atom. The van der Waals surface area contributed by atoms with Crippen LogP contribution < -0.4 is 5.32 Å². The molecule has 1 aromatic carbocycles. The van der Waals surface area contributed by atoms with E-state index < -0.39 is 0 Å². The molecule has 1 rings (SSSR count). The summed E-state index contributed by atoms with van der Waals surface area (Å²) < 4.78 is 0. The first-order chi connectivity index (χ1) is 16.0. The lowest BCUT2D eigenvalue weighted by atomic mass is 10.0. The predicted octanol–water partition coefficient (Wildman–Crippen LogP) is 10.4. The van der Waals surface area contributed by atoms with Gasteiger partial charge < -0.3 is 5.32 Å². The van der Waals surface area contributed by atoms with E-state index in [9.17, 15) is 4.79 Å². The maximum Gasteiger partial charge on any atom is 0.224 e. The van der Waals surface area contributed by atoms with Crippen LogP contribution >= 0.6 is 0 Å². The van der Waals surface area contributed by atoms with E-state index in [-0.39, 0.29) is 5.91 Å². The Labute approximate surface area is 206 Å². The zero-order valence-corrected chi connectivity index (χ0v) is 22.7. The summed E-state index contributed by atoms with van der Waals surface area (Å²) in [6, 6.07) is 4.28. The molecule has 0 atom stereocenters. The lowest BCUT2D eigenvalue weighted by molar-refractivity contribution is -0.116. The zero-order valence-electron chi connectivity index (χ0n) is 22.7. The maximum atomic E-state index is 12.3. The van der Waals surface area contributed by atoms with Crippen LogP contribution in [0.1, 0.15) is 152 Å². The normalized spacial score (nSPS) is 11.2. The molecule has 2 nitrogen and oxygen atoms in total.